The molecule has 0 aromatic heterocycles. The Kier molecular flexibility index (Phi) is 6.42. The molecule has 0 radical (unpaired) electrons. The summed E-state index contributed by atoms with van der Waals surface area (Å²) in [5.41, 5.74) is 2.12. The van der Waals surface area contributed by atoms with Crippen LogP contribution < -0.4 is 5.32 Å². The fraction of sp³-hybridized carbons (Fsp3) is 0.318. The minimum absolute atomic E-state index is 0.103. The van der Waals surface area contributed by atoms with Gasteiger partial charge in [-0.3, -0.25) is 4.99 Å². The lowest BCUT2D eigenvalue weighted by molar-refractivity contribution is 0.222. The van der Waals surface area contributed by atoms with Crippen molar-refractivity contribution in [2.45, 2.75) is 45.9 Å². The van der Waals surface area contributed by atoms with Gasteiger partial charge in [0.15, 0.2) is 10.2 Å². The molecule has 1 N–H and O–H groups in total. The van der Waals surface area contributed by atoms with Gasteiger partial charge in [0.05, 0.1) is 0 Å². The van der Waals surface area contributed by atoms with Gasteiger partial charge in [-0.25, -0.2) is 4.90 Å². The molecule has 1 fully saturated rings. The van der Waals surface area contributed by atoms with E-state index in [-0.39, 0.29) is 18.2 Å². The first-order chi connectivity index (χ1) is 13.4. The Morgan fingerprint density at radius 3 is 2.04 bits per heavy atom. The van der Waals surface area contributed by atoms with Crippen LogP contribution in [0.5, 0.6) is 0 Å². The highest BCUT2D eigenvalue weighted by Crippen LogP contribution is 2.28. The summed E-state index contributed by atoms with van der Waals surface area (Å²) in [6, 6.07) is 20.6. The summed E-state index contributed by atoms with van der Waals surface area (Å²) in [5, 5.41) is 4.71. The highest BCUT2D eigenvalue weighted by molar-refractivity contribution is 7.81. The topological polar surface area (TPSA) is 30.9 Å². The van der Waals surface area contributed by atoms with Gasteiger partial charge in [0.2, 0.25) is 0 Å². The van der Waals surface area contributed by atoms with Crippen LogP contribution in [0.4, 0.5) is 0 Å². The second-order valence-electron chi connectivity index (χ2n) is 7.29. The van der Waals surface area contributed by atoms with Crippen molar-refractivity contribution in [2.24, 2.45) is 4.99 Å². The van der Waals surface area contributed by atoms with E-state index in [4.69, 9.17) is 29.4 Å². The summed E-state index contributed by atoms with van der Waals surface area (Å²) in [6.45, 7) is 8.38. The van der Waals surface area contributed by atoms with E-state index in [1.165, 1.54) is 0 Å². The van der Waals surface area contributed by atoms with E-state index < -0.39 is 0 Å². The molecular formula is C22H26N4S2. The molecule has 0 amide bonds. The van der Waals surface area contributed by atoms with Crippen LogP contribution in [0.2, 0.25) is 0 Å². The van der Waals surface area contributed by atoms with Gasteiger partial charge in [0.25, 0.3) is 0 Å². The van der Waals surface area contributed by atoms with Crippen LogP contribution in [-0.4, -0.2) is 37.9 Å². The number of aliphatic imine (C=N–C) groups is 1. The van der Waals surface area contributed by atoms with Gasteiger partial charge in [-0.15, -0.1) is 0 Å². The molecule has 3 rings (SSSR count). The molecule has 28 heavy (non-hydrogen) atoms. The molecule has 1 heterocycles. The number of thiocarbonyl (C=S) groups is 2. The molecule has 6 heteroatoms. The van der Waals surface area contributed by atoms with Crippen molar-refractivity contribution in [1.82, 2.24) is 15.1 Å². The summed E-state index contributed by atoms with van der Waals surface area (Å²) in [7, 11) is 0. The van der Waals surface area contributed by atoms with E-state index in [1.54, 1.807) is 0 Å². The predicted molar refractivity (Wildman–Crippen MR) is 124 cm³/mol. The zero-order chi connectivity index (χ0) is 20.3. The maximum absolute atomic E-state index is 5.95. The molecule has 1 unspecified atom stereocenters. The highest BCUT2D eigenvalue weighted by Gasteiger charge is 2.38. The zero-order valence-electron chi connectivity index (χ0n) is 16.7. The molecule has 2 aromatic carbocycles. The van der Waals surface area contributed by atoms with Crippen LogP contribution in [0.1, 0.15) is 45.0 Å². The van der Waals surface area contributed by atoms with Crippen molar-refractivity contribution in [3.63, 3.8) is 0 Å². The fourth-order valence-corrected chi connectivity index (χ4v) is 4.08. The molecular weight excluding hydrogens is 384 g/mol. The van der Waals surface area contributed by atoms with E-state index >= 15 is 0 Å². The Bertz CT molecular complexity index is 863. The minimum Gasteiger partial charge on any atom is -0.338 e. The molecule has 146 valence electrons. The van der Waals surface area contributed by atoms with Gasteiger partial charge in [0, 0.05) is 17.6 Å². The average Bonchev–Trinajstić information content (AvgIpc) is 2.67. The standard InChI is InChI=1S/C22H26N4S2/c1-15(2)23-19(17-11-7-5-8-12-17)26-21(27)24-20(18-13-9-6-10-14-18)25(16(3)4)22(26)28/h5-16,20H,1-4H3,(H,24,27). The largest absolute Gasteiger partial charge is 0.338 e. The molecule has 4 nitrogen and oxygen atoms in total. The SMILES string of the molecule is CC(C)N=C(c1ccccc1)N1C(=S)NC(c2ccccc2)N(C(C)C)C1=S. The van der Waals surface area contributed by atoms with E-state index in [1.807, 2.05) is 53.4 Å². The maximum atomic E-state index is 5.95. The second kappa shape index (κ2) is 8.80. The summed E-state index contributed by atoms with van der Waals surface area (Å²) in [6.07, 6.45) is -0.103. The van der Waals surface area contributed by atoms with Gasteiger partial charge in [-0.1, -0.05) is 60.7 Å². The van der Waals surface area contributed by atoms with Crippen molar-refractivity contribution < 1.29 is 0 Å². The maximum Gasteiger partial charge on any atom is 0.185 e. The van der Waals surface area contributed by atoms with Crippen molar-refractivity contribution >= 4 is 40.5 Å². The van der Waals surface area contributed by atoms with E-state index in [2.05, 4.69) is 50.0 Å². The Morgan fingerprint density at radius 2 is 1.50 bits per heavy atom. The van der Waals surface area contributed by atoms with Gasteiger partial charge in [0.1, 0.15) is 12.0 Å². The first-order valence-electron chi connectivity index (χ1n) is 9.51. The van der Waals surface area contributed by atoms with Gasteiger partial charge >= 0.3 is 0 Å². The summed E-state index contributed by atoms with van der Waals surface area (Å²) < 4.78 is 0. The minimum atomic E-state index is -0.103. The van der Waals surface area contributed by atoms with Crippen LogP contribution in [0.3, 0.4) is 0 Å². The molecule has 1 saturated heterocycles. The highest BCUT2D eigenvalue weighted by atomic mass is 32.1. The fourth-order valence-electron chi connectivity index (χ4n) is 3.24. The Morgan fingerprint density at radius 1 is 0.929 bits per heavy atom. The third-order valence-electron chi connectivity index (χ3n) is 4.45. The van der Waals surface area contributed by atoms with Crippen molar-refractivity contribution in [1.29, 1.82) is 0 Å². The molecule has 0 bridgehead atoms. The molecule has 0 spiro atoms. The number of hydrogen-bond donors (Lipinski definition) is 1. The molecule has 0 saturated carbocycles. The summed E-state index contributed by atoms with van der Waals surface area (Å²) >= 11 is 11.7. The average molecular weight is 411 g/mol. The second-order valence-corrected chi connectivity index (χ2v) is 8.05. The number of nitrogens with zero attached hydrogens (tertiary/aromatic N) is 3. The quantitative estimate of drug-likeness (QED) is 0.447. The smallest absolute Gasteiger partial charge is 0.185 e. The number of benzene rings is 2. The molecule has 2 aromatic rings. The van der Waals surface area contributed by atoms with E-state index in [0.29, 0.717) is 10.2 Å². The number of nitrogens with one attached hydrogen (secondary N) is 1. The number of rotatable bonds is 4. The third kappa shape index (κ3) is 4.23. The molecule has 1 atom stereocenters. The predicted octanol–water partition coefficient (Wildman–Crippen LogP) is 4.73. The van der Waals surface area contributed by atoms with E-state index in [9.17, 15) is 0 Å². The summed E-state index contributed by atoms with van der Waals surface area (Å²) in [5.74, 6) is 0.773. The van der Waals surface area contributed by atoms with E-state index in [0.717, 1.165) is 17.0 Å². The van der Waals surface area contributed by atoms with Crippen LogP contribution in [-0.2, 0) is 0 Å². The van der Waals surface area contributed by atoms with Crippen molar-refractivity contribution in [3.8, 4) is 0 Å². The number of amidine groups is 1. The lowest BCUT2D eigenvalue weighted by Gasteiger charge is -2.47. The lowest BCUT2D eigenvalue weighted by atomic mass is 10.1. The first kappa shape index (κ1) is 20.4. The first-order valence-corrected chi connectivity index (χ1v) is 10.3. The van der Waals surface area contributed by atoms with Crippen molar-refractivity contribution in [2.75, 3.05) is 0 Å². The normalized spacial score (nSPS) is 18.1. The third-order valence-corrected chi connectivity index (χ3v) is 5.14. The monoisotopic (exact) mass is 410 g/mol. The van der Waals surface area contributed by atoms with Crippen LogP contribution >= 0.6 is 24.4 Å². The van der Waals surface area contributed by atoms with Crippen LogP contribution in [0.25, 0.3) is 0 Å². The number of hydrogen-bond acceptors (Lipinski definition) is 3. The van der Waals surface area contributed by atoms with Crippen molar-refractivity contribution in [3.05, 3.63) is 71.8 Å². The van der Waals surface area contributed by atoms with Gasteiger partial charge in [-0.05, 0) is 57.7 Å². The Hall–Kier alpha value is -2.31. The Balaban J connectivity index is 2.05. The van der Waals surface area contributed by atoms with Gasteiger partial charge < -0.3 is 10.2 Å². The molecule has 1 aliphatic rings. The summed E-state index contributed by atoms with van der Waals surface area (Å²) in [4.78, 5) is 8.93. The van der Waals surface area contributed by atoms with Crippen LogP contribution in [0.15, 0.2) is 65.7 Å². The van der Waals surface area contributed by atoms with Crippen LogP contribution in [0, 0.1) is 0 Å². The Labute approximate surface area is 178 Å². The molecule has 0 aliphatic carbocycles. The molecule has 1 aliphatic heterocycles. The zero-order valence-corrected chi connectivity index (χ0v) is 18.3. The van der Waals surface area contributed by atoms with Gasteiger partial charge in [-0.2, -0.15) is 0 Å². The lowest BCUT2D eigenvalue weighted by Crippen LogP contribution is -2.63.